The summed E-state index contributed by atoms with van der Waals surface area (Å²) in [5.74, 6) is 1.48. The molecule has 0 aromatic carbocycles. The standard InChI is InChI=1S/C13H18N4O/c1-16-5-4-11-12(16)14-9-15-13(11)17-6-2-10(8-18)3-7-17/h4-5,9-10,18H,2-3,6-8H2,1H3. The molecule has 0 unspecified atom stereocenters. The molecule has 18 heavy (non-hydrogen) atoms. The van der Waals surface area contributed by atoms with E-state index in [9.17, 15) is 5.11 Å². The zero-order valence-electron chi connectivity index (χ0n) is 10.6. The molecule has 0 saturated carbocycles. The summed E-state index contributed by atoms with van der Waals surface area (Å²) in [5, 5.41) is 10.3. The van der Waals surface area contributed by atoms with Crippen molar-refractivity contribution in [1.82, 2.24) is 14.5 Å². The predicted octanol–water partition coefficient (Wildman–Crippen LogP) is 1.18. The van der Waals surface area contributed by atoms with Crippen molar-refractivity contribution in [2.75, 3.05) is 24.6 Å². The zero-order chi connectivity index (χ0) is 12.5. The molecule has 0 aliphatic carbocycles. The van der Waals surface area contributed by atoms with Crippen LogP contribution < -0.4 is 4.90 Å². The Balaban J connectivity index is 1.91. The van der Waals surface area contributed by atoms with Gasteiger partial charge in [-0.15, -0.1) is 0 Å². The highest BCUT2D eigenvalue weighted by molar-refractivity contribution is 5.87. The molecule has 0 radical (unpaired) electrons. The second-order valence-electron chi connectivity index (χ2n) is 4.97. The van der Waals surface area contributed by atoms with Gasteiger partial charge >= 0.3 is 0 Å². The van der Waals surface area contributed by atoms with E-state index in [4.69, 9.17) is 0 Å². The van der Waals surface area contributed by atoms with Crippen LogP contribution in [-0.2, 0) is 7.05 Å². The molecule has 3 heterocycles. The fourth-order valence-electron chi connectivity index (χ4n) is 2.64. The van der Waals surface area contributed by atoms with Crippen LogP contribution in [0.2, 0.25) is 0 Å². The second kappa shape index (κ2) is 4.57. The normalized spacial score (nSPS) is 17.6. The average molecular weight is 246 g/mol. The van der Waals surface area contributed by atoms with Crippen molar-refractivity contribution in [3.8, 4) is 0 Å². The lowest BCUT2D eigenvalue weighted by Crippen LogP contribution is -2.35. The van der Waals surface area contributed by atoms with Crippen LogP contribution >= 0.6 is 0 Å². The number of hydrogen-bond acceptors (Lipinski definition) is 4. The zero-order valence-corrected chi connectivity index (χ0v) is 10.6. The average Bonchev–Trinajstić information content (AvgIpc) is 2.81. The number of fused-ring (bicyclic) bond motifs is 1. The molecular weight excluding hydrogens is 228 g/mol. The fraction of sp³-hybridized carbons (Fsp3) is 0.538. The molecule has 2 aromatic rings. The molecule has 96 valence electrons. The van der Waals surface area contributed by atoms with Gasteiger partial charge in [0, 0.05) is 32.9 Å². The maximum absolute atomic E-state index is 9.18. The topological polar surface area (TPSA) is 54.2 Å². The van der Waals surface area contributed by atoms with Crippen LogP contribution in [0, 0.1) is 5.92 Å². The summed E-state index contributed by atoms with van der Waals surface area (Å²) in [6.07, 6.45) is 5.72. The SMILES string of the molecule is Cn1ccc2c(N3CCC(CO)CC3)ncnc21. The Hall–Kier alpha value is -1.62. The summed E-state index contributed by atoms with van der Waals surface area (Å²) in [5.41, 5.74) is 0.976. The Labute approximate surface area is 106 Å². The molecule has 5 heteroatoms. The summed E-state index contributed by atoms with van der Waals surface area (Å²) < 4.78 is 2.01. The van der Waals surface area contributed by atoms with E-state index < -0.39 is 0 Å². The number of aryl methyl sites for hydroxylation is 1. The van der Waals surface area contributed by atoms with E-state index >= 15 is 0 Å². The van der Waals surface area contributed by atoms with Crippen LogP contribution in [0.4, 0.5) is 5.82 Å². The van der Waals surface area contributed by atoms with Gasteiger partial charge in [0.1, 0.15) is 17.8 Å². The lowest BCUT2D eigenvalue weighted by Gasteiger charge is -2.32. The second-order valence-corrected chi connectivity index (χ2v) is 4.97. The van der Waals surface area contributed by atoms with Gasteiger partial charge < -0.3 is 14.6 Å². The monoisotopic (exact) mass is 246 g/mol. The minimum absolute atomic E-state index is 0.304. The Morgan fingerprint density at radius 2 is 2.11 bits per heavy atom. The maximum atomic E-state index is 9.18. The Kier molecular flexibility index (Phi) is 2.91. The summed E-state index contributed by atoms with van der Waals surface area (Å²) in [6.45, 7) is 2.23. The van der Waals surface area contributed by atoms with Gasteiger partial charge in [0.05, 0.1) is 5.39 Å². The third-order valence-electron chi connectivity index (χ3n) is 3.81. The van der Waals surface area contributed by atoms with Crippen molar-refractivity contribution in [3.05, 3.63) is 18.6 Å². The first kappa shape index (κ1) is 11.5. The minimum atomic E-state index is 0.304. The molecule has 0 spiro atoms. The van der Waals surface area contributed by atoms with Crippen molar-refractivity contribution in [2.45, 2.75) is 12.8 Å². The van der Waals surface area contributed by atoms with Crippen molar-refractivity contribution in [1.29, 1.82) is 0 Å². The van der Waals surface area contributed by atoms with Gasteiger partial charge in [-0.25, -0.2) is 9.97 Å². The quantitative estimate of drug-likeness (QED) is 0.864. The van der Waals surface area contributed by atoms with Crippen LogP contribution in [-0.4, -0.2) is 39.3 Å². The maximum Gasteiger partial charge on any atom is 0.145 e. The molecule has 3 rings (SSSR count). The van der Waals surface area contributed by atoms with E-state index in [1.807, 2.05) is 17.8 Å². The number of hydrogen-bond donors (Lipinski definition) is 1. The minimum Gasteiger partial charge on any atom is -0.396 e. The molecule has 0 amide bonds. The first-order valence-electron chi connectivity index (χ1n) is 6.41. The summed E-state index contributed by atoms with van der Waals surface area (Å²) >= 11 is 0. The summed E-state index contributed by atoms with van der Waals surface area (Å²) in [7, 11) is 2.00. The number of piperidine rings is 1. The van der Waals surface area contributed by atoms with Crippen LogP contribution in [0.5, 0.6) is 0 Å². The molecule has 0 atom stereocenters. The summed E-state index contributed by atoms with van der Waals surface area (Å²) in [6, 6.07) is 2.07. The number of anilines is 1. The third kappa shape index (κ3) is 1.84. The van der Waals surface area contributed by atoms with E-state index in [0.29, 0.717) is 12.5 Å². The first-order chi connectivity index (χ1) is 8.79. The van der Waals surface area contributed by atoms with Gasteiger partial charge in [-0.2, -0.15) is 0 Å². The van der Waals surface area contributed by atoms with E-state index in [-0.39, 0.29) is 0 Å². The van der Waals surface area contributed by atoms with Crippen LogP contribution in [0.25, 0.3) is 11.0 Å². The van der Waals surface area contributed by atoms with E-state index in [1.165, 1.54) is 0 Å². The lowest BCUT2D eigenvalue weighted by atomic mass is 9.98. The van der Waals surface area contributed by atoms with E-state index in [1.54, 1.807) is 6.33 Å². The molecular formula is C13H18N4O. The van der Waals surface area contributed by atoms with Gasteiger partial charge in [-0.3, -0.25) is 0 Å². The Morgan fingerprint density at radius 1 is 1.33 bits per heavy atom. The van der Waals surface area contributed by atoms with E-state index in [2.05, 4.69) is 20.9 Å². The molecule has 5 nitrogen and oxygen atoms in total. The van der Waals surface area contributed by atoms with Crippen LogP contribution in [0.15, 0.2) is 18.6 Å². The van der Waals surface area contributed by atoms with Crippen LogP contribution in [0.1, 0.15) is 12.8 Å². The molecule has 1 fully saturated rings. The number of aromatic nitrogens is 3. The smallest absolute Gasteiger partial charge is 0.145 e. The van der Waals surface area contributed by atoms with Gasteiger partial charge in [-0.1, -0.05) is 0 Å². The highest BCUT2D eigenvalue weighted by Gasteiger charge is 2.21. The lowest BCUT2D eigenvalue weighted by molar-refractivity contribution is 0.203. The molecule has 1 aliphatic rings. The molecule has 1 aliphatic heterocycles. The number of aliphatic hydroxyl groups excluding tert-OH is 1. The highest BCUT2D eigenvalue weighted by atomic mass is 16.3. The molecule has 2 aromatic heterocycles. The van der Waals surface area contributed by atoms with Gasteiger partial charge in [-0.05, 0) is 24.8 Å². The van der Waals surface area contributed by atoms with Crippen LogP contribution in [0.3, 0.4) is 0 Å². The van der Waals surface area contributed by atoms with Crippen molar-refractivity contribution in [2.24, 2.45) is 13.0 Å². The number of aliphatic hydroxyl groups is 1. The van der Waals surface area contributed by atoms with Crippen molar-refractivity contribution < 1.29 is 5.11 Å². The molecule has 1 saturated heterocycles. The molecule has 1 N–H and O–H groups in total. The van der Waals surface area contributed by atoms with Gasteiger partial charge in [0.15, 0.2) is 0 Å². The predicted molar refractivity (Wildman–Crippen MR) is 70.5 cm³/mol. The van der Waals surface area contributed by atoms with E-state index in [0.717, 1.165) is 42.8 Å². The fourth-order valence-corrected chi connectivity index (χ4v) is 2.64. The summed E-state index contributed by atoms with van der Waals surface area (Å²) in [4.78, 5) is 11.0. The third-order valence-corrected chi connectivity index (χ3v) is 3.81. The Bertz CT molecular complexity index is 543. The largest absolute Gasteiger partial charge is 0.396 e. The van der Waals surface area contributed by atoms with Gasteiger partial charge in [0.2, 0.25) is 0 Å². The number of rotatable bonds is 2. The van der Waals surface area contributed by atoms with Crippen molar-refractivity contribution >= 4 is 16.9 Å². The Morgan fingerprint density at radius 3 is 2.83 bits per heavy atom. The molecule has 0 bridgehead atoms. The van der Waals surface area contributed by atoms with Crippen molar-refractivity contribution in [3.63, 3.8) is 0 Å². The highest BCUT2D eigenvalue weighted by Crippen LogP contribution is 2.27. The van der Waals surface area contributed by atoms with Gasteiger partial charge in [0.25, 0.3) is 0 Å². The first-order valence-corrected chi connectivity index (χ1v) is 6.41. The number of nitrogens with zero attached hydrogens (tertiary/aromatic N) is 4.